The summed E-state index contributed by atoms with van der Waals surface area (Å²) in [4.78, 5) is 12.5. The summed E-state index contributed by atoms with van der Waals surface area (Å²) in [5.41, 5.74) is 3.69. The number of carbonyl (C=O) groups excluding carboxylic acids is 1. The summed E-state index contributed by atoms with van der Waals surface area (Å²) in [6, 6.07) is 4.86. The zero-order valence-corrected chi connectivity index (χ0v) is 19.5. The standard InChI is InChI=1S/C23H24ClN3O4S/c1-23(2,29)14-9-13(12-25)10-15(11-14)32(30,31)27-22(28)26-21-18-7-3-5-16(18)20(24)17-6-4-8-19(17)21/h9-11,29H,3-8H2,1-2H3,(H2,26,27,28). The van der Waals surface area contributed by atoms with E-state index in [1.807, 2.05) is 10.8 Å². The molecule has 2 aromatic carbocycles. The van der Waals surface area contributed by atoms with Gasteiger partial charge in [0.25, 0.3) is 10.0 Å². The van der Waals surface area contributed by atoms with Gasteiger partial charge in [-0.25, -0.2) is 17.9 Å². The molecule has 2 aliphatic rings. The molecule has 7 nitrogen and oxygen atoms in total. The number of halogens is 1. The Balaban J connectivity index is 1.65. The molecule has 0 radical (unpaired) electrons. The third-order valence-electron chi connectivity index (χ3n) is 6.09. The van der Waals surface area contributed by atoms with Gasteiger partial charge >= 0.3 is 6.03 Å². The van der Waals surface area contributed by atoms with E-state index in [4.69, 9.17) is 11.6 Å². The van der Waals surface area contributed by atoms with E-state index >= 15 is 0 Å². The Morgan fingerprint density at radius 2 is 1.62 bits per heavy atom. The Labute approximate surface area is 192 Å². The number of rotatable bonds is 4. The minimum atomic E-state index is -4.28. The fourth-order valence-corrected chi connectivity index (χ4v) is 5.93. The third-order valence-corrected chi connectivity index (χ3v) is 7.85. The smallest absolute Gasteiger partial charge is 0.333 e. The van der Waals surface area contributed by atoms with Gasteiger partial charge in [-0.05, 0) is 98.4 Å². The van der Waals surface area contributed by atoms with Crippen LogP contribution in [0.25, 0.3) is 0 Å². The first-order valence-corrected chi connectivity index (χ1v) is 12.3. The molecule has 0 fully saturated rings. The minimum Gasteiger partial charge on any atom is -0.386 e. The number of nitrogens with zero attached hydrogens (tertiary/aromatic N) is 1. The van der Waals surface area contributed by atoms with Crippen molar-refractivity contribution in [2.75, 3.05) is 5.32 Å². The molecule has 3 N–H and O–H groups in total. The van der Waals surface area contributed by atoms with Crippen LogP contribution < -0.4 is 10.0 Å². The average Bonchev–Trinajstić information content (AvgIpc) is 3.40. The van der Waals surface area contributed by atoms with Crippen molar-refractivity contribution in [1.29, 1.82) is 5.26 Å². The van der Waals surface area contributed by atoms with Crippen molar-refractivity contribution in [3.8, 4) is 6.07 Å². The van der Waals surface area contributed by atoms with Crippen molar-refractivity contribution in [3.05, 3.63) is 56.6 Å². The number of hydrogen-bond donors (Lipinski definition) is 3. The molecule has 4 rings (SSSR count). The summed E-state index contributed by atoms with van der Waals surface area (Å²) < 4.78 is 27.9. The van der Waals surface area contributed by atoms with E-state index < -0.39 is 21.7 Å². The molecular formula is C23H24ClN3O4S. The number of nitriles is 1. The lowest BCUT2D eigenvalue weighted by molar-refractivity contribution is 0.0783. The summed E-state index contributed by atoms with van der Waals surface area (Å²) in [7, 11) is -4.28. The molecule has 0 spiro atoms. The molecule has 2 aliphatic carbocycles. The molecular weight excluding hydrogens is 450 g/mol. The van der Waals surface area contributed by atoms with E-state index in [9.17, 15) is 23.6 Å². The number of nitrogens with one attached hydrogen (secondary N) is 2. The van der Waals surface area contributed by atoms with E-state index in [-0.39, 0.29) is 16.0 Å². The molecule has 0 saturated heterocycles. The lowest BCUT2D eigenvalue weighted by Gasteiger charge is -2.20. The first-order valence-electron chi connectivity index (χ1n) is 10.5. The average molecular weight is 474 g/mol. The number of sulfonamides is 1. The van der Waals surface area contributed by atoms with Crippen LogP contribution in [0.15, 0.2) is 23.1 Å². The van der Waals surface area contributed by atoms with Gasteiger partial charge in [-0.3, -0.25) is 0 Å². The van der Waals surface area contributed by atoms with Crippen LogP contribution in [0.1, 0.15) is 60.1 Å². The molecule has 2 aromatic rings. The van der Waals surface area contributed by atoms with Gasteiger partial charge in [0.1, 0.15) is 0 Å². The Morgan fingerprint density at radius 1 is 1.06 bits per heavy atom. The van der Waals surface area contributed by atoms with Gasteiger partial charge in [0.05, 0.1) is 22.1 Å². The molecule has 32 heavy (non-hydrogen) atoms. The number of hydrogen-bond acceptors (Lipinski definition) is 5. The lowest BCUT2D eigenvalue weighted by atomic mass is 9.97. The molecule has 0 unspecified atom stereocenters. The summed E-state index contributed by atoms with van der Waals surface area (Å²) >= 11 is 6.60. The lowest BCUT2D eigenvalue weighted by Crippen LogP contribution is -2.35. The highest BCUT2D eigenvalue weighted by Gasteiger charge is 2.30. The molecule has 0 saturated carbocycles. The van der Waals surface area contributed by atoms with Crippen molar-refractivity contribution >= 4 is 33.3 Å². The van der Waals surface area contributed by atoms with Crippen molar-refractivity contribution in [1.82, 2.24) is 4.72 Å². The van der Waals surface area contributed by atoms with Crippen molar-refractivity contribution in [2.45, 2.75) is 62.9 Å². The van der Waals surface area contributed by atoms with Gasteiger partial charge in [-0.1, -0.05) is 11.6 Å². The highest BCUT2D eigenvalue weighted by Crippen LogP contribution is 2.44. The quantitative estimate of drug-likeness (QED) is 0.621. The third kappa shape index (κ3) is 4.08. The number of aliphatic hydroxyl groups is 1. The number of amides is 2. The van der Waals surface area contributed by atoms with E-state index in [2.05, 4.69) is 5.32 Å². The van der Waals surface area contributed by atoms with Crippen LogP contribution in [0.4, 0.5) is 10.5 Å². The Morgan fingerprint density at radius 3 is 2.16 bits per heavy atom. The molecule has 2 amide bonds. The van der Waals surface area contributed by atoms with Crippen LogP contribution in [-0.4, -0.2) is 19.6 Å². The fourth-order valence-electron chi connectivity index (χ4n) is 4.53. The van der Waals surface area contributed by atoms with E-state index in [1.165, 1.54) is 32.0 Å². The van der Waals surface area contributed by atoms with Crippen LogP contribution >= 0.6 is 11.6 Å². The van der Waals surface area contributed by atoms with Crippen molar-refractivity contribution in [3.63, 3.8) is 0 Å². The SMILES string of the molecule is CC(C)(O)c1cc(C#N)cc(S(=O)(=O)NC(=O)Nc2c3c(c(Cl)c4c2CCC4)CCC3)c1. The Kier molecular flexibility index (Phi) is 5.70. The first kappa shape index (κ1) is 22.6. The second-order valence-electron chi connectivity index (χ2n) is 8.79. The number of urea groups is 1. The monoisotopic (exact) mass is 473 g/mol. The maximum Gasteiger partial charge on any atom is 0.333 e. The number of benzene rings is 2. The van der Waals surface area contributed by atoms with Gasteiger partial charge in [0, 0.05) is 10.7 Å². The topological polar surface area (TPSA) is 119 Å². The van der Waals surface area contributed by atoms with Gasteiger partial charge in [-0.15, -0.1) is 0 Å². The van der Waals surface area contributed by atoms with Crippen LogP contribution in [0.2, 0.25) is 5.02 Å². The normalized spacial score (nSPS) is 15.1. The number of anilines is 1. The second-order valence-corrected chi connectivity index (χ2v) is 10.8. The van der Waals surface area contributed by atoms with Crippen LogP contribution in [-0.2, 0) is 41.3 Å². The van der Waals surface area contributed by atoms with Gasteiger partial charge in [0.15, 0.2) is 0 Å². The summed E-state index contributed by atoms with van der Waals surface area (Å²) in [5.74, 6) is 0. The second kappa shape index (κ2) is 8.07. The van der Waals surface area contributed by atoms with Gasteiger partial charge < -0.3 is 10.4 Å². The molecule has 0 heterocycles. The summed E-state index contributed by atoms with van der Waals surface area (Å²) in [5, 5.41) is 23.1. The van der Waals surface area contributed by atoms with E-state index in [1.54, 1.807) is 0 Å². The van der Waals surface area contributed by atoms with Crippen molar-refractivity contribution < 1.29 is 18.3 Å². The van der Waals surface area contributed by atoms with Gasteiger partial charge in [-0.2, -0.15) is 5.26 Å². The molecule has 9 heteroatoms. The largest absolute Gasteiger partial charge is 0.386 e. The maximum atomic E-state index is 12.9. The Hall–Kier alpha value is -2.60. The van der Waals surface area contributed by atoms with Crippen LogP contribution in [0.5, 0.6) is 0 Å². The molecule has 0 aromatic heterocycles. The van der Waals surface area contributed by atoms with E-state index in [0.29, 0.717) is 5.69 Å². The number of carbonyl (C=O) groups is 1. The Bertz CT molecular complexity index is 1240. The highest BCUT2D eigenvalue weighted by molar-refractivity contribution is 7.90. The van der Waals surface area contributed by atoms with Gasteiger partial charge in [0.2, 0.25) is 0 Å². The zero-order valence-electron chi connectivity index (χ0n) is 17.9. The zero-order chi connectivity index (χ0) is 23.3. The predicted molar refractivity (Wildman–Crippen MR) is 121 cm³/mol. The van der Waals surface area contributed by atoms with E-state index in [0.717, 1.165) is 65.8 Å². The minimum absolute atomic E-state index is 0.0683. The molecule has 0 bridgehead atoms. The highest BCUT2D eigenvalue weighted by atomic mass is 35.5. The molecule has 168 valence electrons. The molecule has 0 aliphatic heterocycles. The van der Waals surface area contributed by atoms with Crippen LogP contribution in [0.3, 0.4) is 0 Å². The first-order chi connectivity index (χ1) is 15.0. The van der Waals surface area contributed by atoms with Crippen LogP contribution in [0, 0.1) is 11.3 Å². The summed E-state index contributed by atoms with van der Waals surface area (Å²) in [6.45, 7) is 2.98. The number of fused-ring (bicyclic) bond motifs is 2. The molecule has 0 atom stereocenters. The predicted octanol–water partition coefficient (Wildman–Crippen LogP) is 3.93. The summed E-state index contributed by atoms with van der Waals surface area (Å²) in [6.07, 6.45) is 5.13. The van der Waals surface area contributed by atoms with Crippen molar-refractivity contribution in [2.24, 2.45) is 0 Å². The fraction of sp³-hybridized carbons (Fsp3) is 0.391. The maximum absolute atomic E-state index is 12.9.